The van der Waals surface area contributed by atoms with Gasteiger partial charge in [-0.2, -0.15) is 0 Å². The largest absolute Gasteiger partial charge is 0.469 e. The standard InChI is InChI=1S/C23H35NO4S/c1-20(12-10-8-6-4-5-7-9-11-13-23(25)28-3)18-19-24-29(26,27)22-16-14-21(2)15-17-22/h8,10,14-17,24H,1,4-7,9,11-13,18-19H2,2-3H3/b10-8+. The normalized spacial score (nSPS) is 11.7. The number of nitrogens with one attached hydrogen (secondary N) is 1. The summed E-state index contributed by atoms with van der Waals surface area (Å²) in [6, 6.07) is 6.82. The minimum atomic E-state index is -3.46. The molecule has 0 spiro atoms. The summed E-state index contributed by atoms with van der Waals surface area (Å²) in [5, 5.41) is 0. The number of carbonyl (C=O) groups excluding carboxylic acids is 1. The molecule has 0 aliphatic heterocycles. The quantitative estimate of drug-likeness (QED) is 0.244. The van der Waals surface area contributed by atoms with E-state index in [2.05, 4.69) is 28.2 Å². The molecule has 0 aliphatic carbocycles. The molecule has 0 bridgehead atoms. The molecule has 0 saturated heterocycles. The number of esters is 1. The van der Waals surface area contributed by atoms with E-state index in [0.29, 0.717) is 24.3 Å². The lowest BCUT2D eigenvalue weighted by molar-refractivity contribution is -0.140. The van der Waals surface area contributed by atoms with E-state index < -0.39 is 10.0 Å². The Morgan fingerprint density at radius 3 is 2.38 bits per heavy atom. The maximum atomic E-state index is 12.2. The van der Waals surface area contributed by atoms with Crippen LogP contribution in [0.15, 0.2) is 53.5 Å². The predicted octanol–water partition coefficient (Wildman–Crippen LogP) is 5.07. The fourth-order valence-corrected chi connectivity index (χ4v) is 3.83. The average molecular weight is 422 g/mol. The van der Waals surface area contributed by atoms with Gasteiger partial charge in [0.05, 0.1) is 12.0 Å². The third-order valence-electron chi connectivity index (χ3n) is 4.65. The van der Waals surface area contributed by atoms with Gasteiger partial charge >= 0.3 is 5.97 Å². The van der Waals surface area contributed by atoms with Crippen LogP contribution in [0.5, 0.6) is 0 Å². The minimum absolute atomic E-state index is 0.129. The first-order valence-corrected chi connectivity index (χ1v) is 11.8. The van der Waals surface area contributed by atoms with Gasteiger partial charge < -0.3 is 4.74 Å². The average Bonchev–Trinajstić information content (AvgIpc) is 2.69. The Kier molecular flexibility index (Phi) is 12.2. The maximum absolute atomic E-state index is 12.2. The molecule has 0 fully saturated rings. The molecule has 0 atom stereocenters. The molecule has 0 amide bonds. The molecule has 0 radical (unpaired) electrons. The number of rotatable bonds is 15. The van der Waals surface area contributed by atoms with Gasteiger partial charge in [-0.05, 0) is 51.2 Å². The molecule has 0 heterocycles. The number of hydrogen-bond acceptors (Lipinski definition) is 4. The van der Waals surface area contributed by atoms with Crippen LogP contribution in [0.3, 0.4) is 0 Å². The Labute approximate surface area is 176 Å². The summed E-state index contributed by atoms with van der Waals surface area (Å²) in [6.07, 6.45) is 12.6. The molecule has 0 unspecified atom stereocenters. The lowest BCUT2D eigenvalue weighted by atomic mass is 10.1. The molecular formula is C23H35NO4S. The highest BCUT2D eigenvalue weighted by Crippen LogP contribution is 2.12. The van der Waals surface area contributed by atoms with Crippen molar-refractivity contribution in [3.8, 4) is 0 Å². The van der Waals surface area contributed by atoms with Crippen LogP contribution in [0, 0.1) is 6.92 Å². The second-order valence-corrected chi connectivity index (χ2v) is 9.04. The topological polar surface area (TPSA) is 72.5 Å². The van der Waals surface area contributed by atoms with E-state index in [1.165, 1.54) is 7.11 Å². The van der Waals surface area contributed by atoms with Gasteiger partial charge in [-0.3, -0.25) is 4.79 Å². The highest BCUT2D eigenvalue weighted by molar-refractivity contribution is 7.89. The number of unbranched alkanes of at least 4 members (excludes halogenated alkanes) is 5. The summed E-state index contributed by atoms with van der Waals surface area (Å²) >= 11 is 0. The number of ether oxygens (including phenoxy) is 1. The van der Waals surface area contributed by atoms with Crippen LogP contribution in [-0.2, 0) is 19.6 Å². The van der Waals surface area contributed by atoms with E-state index in [4.69, 9.17) is 0 Å². The summed E-state index contributed by atoms with van der Waals surface area (Å²) in [6.45, 7) is 6.30. The van der Waals surface area contributed by atoms with E-state index in [1.54, 1.807) is 24.3 Å². The van der Waals surface area contributed by atoms with Crippen molar-refractivity contribution in [2.45, 2.75) is 69.6 Å². The van der Waals surface area contributed by atoms with Crippen LogP contribution in [0.4, 0.5) is 0 Å². The lowest BCUT2D eigenvalue weighted by Gasteiger charge is -2.08. The molecule has 5 nitrogen and oxygen atoms in total. The predicted molar refractivity (Wildman–Crippen MR) is 118 cm³/mol. The number of benzene rings is 1. The van der Waals surface area contributed by atoms with Gasteiger partial charge in [-0.25, -0.2) is 13.1 Å². The smallest absolute Gasteiger partial charge is 0.305 e. The maximum Gasteiger partial charge on any atom is 0.305 e. The summed E-state index contributed by atoms with van der Waals surface area (Å²) in [5.41, 5.74) is 2.04. The van der Waals surface area contributed by atoms with Crippen molar-refractivity contribution >= 4 is 16.0 Å². The molecule has 1 aromatic carbocycles. The fourth-order valence-electron chi connectivity index (χ4n) is 2.80. The molecular weight excluding hydrogens is 386 g/mol. The van der Waals surface area contributed by atoms with Gasteiger partial charge in [0.25, 0.3) is 0 Å². The molecule has 1 N–H and O–H groups in total. The van der Waals surface area contributed by atoms with Gasteiger partial charge in [0.1, 0.15) is 0 Å². The third kappa shape index (κ3) is 11.6. The zero-order chi connectivity index (χ0) is 21.5. The Morgan fingerprint density at radius 2 is 1.69 bits per heavy atom. The molecule has 1 rings (SSSR count). The summed E-state index contributed by atoms with van der Waals surface area (Å²) in [5.74, 6) is -0.129. The van der Waals surface area contributed by atoms with Crippen LogP contribution in [0.2, 0.25) is 0 Å². The lowest BCUT2D eigenvalue weighted by Crippen LogP contribution is -2.25. The molecule has 0 aliphatic rings. The van der Waals surface area contributed by atoms with Crippen molar-refractivity contribution in [2.24, 2.45) is 0 Å². The number of hydrogen-bond donors (Lipinski definition) is 1. The number of carbonyl (C=O) groups is 1. The number of methoxy groups -OCH3 is 1. The van der Waals surface area contributed by atoms with Crippen molar-refractivity contribution in [3.63, 3.8) is 0 Å². The van der Waals surface area contributed by atoms with Gasteiger partial charge in [0, 0.05) is 13.0 Å². The van der Waals surface area contributed by atoms with E-state index >= 15 is 0 Å². The van der Waals surface area contributed by atoms with Crippen molar-refractivity contribution in [2.75, 3.05) is 13.7 Å². The second kappa shape index (κ2) is 14.1. The Bertz CT molecular complexity index is 752. The molecule has 1 aromatic rings. The highest BCUT2D eigenvalue weighted by Gasteiger charge is 2.12. The summed E-state index contributed by atoms with van der Waals surface area (Å²) in [7, 11) is -2.03. The van der Waals surface area contributed by atoms with E-state index in [0.717, 1.165) is 56.1 Å². The van der Waals surface area contributed by atoms with Crippen LogP contribution in [0.25, 0.3) is 0 Å². The van der Waals surface area contributed by atoms with Crippen molar-refractivity contribution in [1.29, 1.82) is 0 Å². The van der Waals surface area contributed by atoms with Crippen molar-refractivity contribution < 1.29 is 17.9 Å². The van der Waals surface area contributed by atoms with Gasteiger partial charge in [-0.1, -0.05) is 61.3 Å². The number of allylic oxidation sites excluding steroid dienone is 2. The van der Waals surface area contributed by atoms with Gasteiger partial charge in [-0.15, -0.1) is 0 Å². The Morgan fingerprint density at radius 1 is 1.03 bits per heavy atom. The summed E-state index contributed by atoms with van der Waals surface area (Å²) in [4.78, 5) is 11.3. The van der Waals surface area contributed by atoms with E-state index in [1.807, 2.05) is 6.92 Å². The second-order valence-electron chi connectivity index (χ2n) is 7.27. The van der Waals surface area contributed by atoms with Gasteiger partial charge in [0.15, 0.2) is 0 Å². The van der Waals surface area contributed by atoms with E-state index in [9.17, 15) is 13.2 Å². The third-order valence-corrected chi connectivity index (χ3v) is 6.13. The van der Waals surface area contributed by atoms with E-state index in [-0.39, 0.29) is 5.97 Å². The fraction of sp³-hybridized carbons (Fsp3) is 0.522. The van der Waals surface area contributed by atoms with Crippen LogP contribution >= 0.6 is 0 Å². The van der Waals surface area contributed by atoms with Crippen LogP contribution in [-0.4, -0.2) is 28.0 Å². The van der Waals surface area contributed by atoms with Crippen LogP contribution in [0.1, 0.15) is 63.4 Å². The monoisotopic (exact) mass is 421 g/mol. The SMILES string of the molecule is C=C(C/C=C/CCCCCCCC(=O)OC)CCNS(=O)(=O)c1ccc(C)cc1. The van der Waals surface area contributed by atoms with Crippen LogP contribution < -0.4 is 4.72 Å². The first kappa shape index (κ1) is 25.1. The van der Waals surface area contributed by atoms with Crippen molar-refractivity contribution in [3.05, 3.63) is 54.1 Å². The minimum Gasteiger partial charge on any atom is -0.469 e. The zero-order valence-electron chi connectivity index (χ0n) is 17.8. The van der Waals surface area contributed by atoms with Crippen molar-refractivity contribution in [1.82, 2.24) is 4.72 Å². The highest BCUT2D eigenvalue weighted by atomic mass is 32.2. The Hall–Kier alpha value is -1.92. The zero-order valence-corrected chi connectivity index (χ0v) is 18.6. The van der Waals surface area contributed by atoms with Gasteiger partial charge in [0.2, 0.25) is 10.0 Å². The number of sulfonamides is 1. The summed E-state index contributed by atoms with van der Waals surface area (Å²) < 4.78 is 31.7. The first-order chi connectivity index (χ1) is 13.8. The first-order valence-electron chi connectivity index (χ1n) is 10.3. The molecule has 0 saturated carbocycles. The number of aryl methyl sites for hydroxylation is 1. The Balaban J connectivity index is 2.09. The molecule has 6 heteroatoms. The molecule has 29 heavy (non-hydrogen) atoms. The molecule has 162 valence electrons. The molecule has 0 aromatic heterocycles.